The second-order valence-electron chi connectivity index (χ2n) is 4.60. The molecule has 5 heteroatoms. The first-order valence-corrected chi connectivity index (χ1v) is 7.98. The number of thiophene rings is 1. The number of benzene rings is 1. The predicted molar refractivity (Wildman–Crippen MR) is 87.5 cm³/mol. The Bertz CT molecular complexity index is 560. The molecule has 0 radical (unpaired) electrons. The highest BCUT2D eigenvalue weighted by molar-refractivity contribution is 7.16. The van der Waals surface area contributed by atoms with Crippen LogP contribution in [0.15, 0.2) is 24.3 Å². The fourth-order valence-electron chi connectivity index (χ4n) is 1.89. The zero-order valence-electron chi connectivity index (χ0n) is 11.5. The van der Waals surface area contributed by atoms with Gasteiger partial charge < -0.3 is 10.1 Å². The Balaban J connectivity index is 1.73. The molecular weight excluding hydrogens is 313 g/mol. The number of hydrogen-bond acceptors (Lipinski definition) is 3. The maximum atomic E-state index is 6.13. The SMILES string of the molecule is Cc1cc(OCCNCc2ccc(Cl)s2)cc(C)c1Cl. The first-order valence-electron chi connectivity index (χ1n) is 6.41. The van der Waals surface area contributed by atoms with Gasteiger partial charge in [-0.15, -0.1) is 11.3 Å². The Hall–Kier alpha value is -0.740. The molecule has 0 unspecified atom stereocenters. The minimum Gasteiger partial charge on any atom is -0.492 e. The van der Waals surface area contributed by atoms with Gasteiger partial charge in [-0.3, -0.25) is 0 Å². The zero-order chi connectivity index (χ0) is 14.5. The maximum absolute atomic E-state index is 6.13. The number of rotatable bonds is 6. The van der Waals surface area contributed by atoms with Gasteiger partial charge in [0, 0.05) is 23.0 Å². The summed E-state index contributed by atoms with van der Waals surface area (Å²) >= 11 is 13.6. The van der Waals surface area contributed by atoms with Crippen LogP contribution < -0.4 is 10.1 Å². The third-order valence-corrected chi connectivity index (χ3v) is 4.71. The summed E-state index contributed by atoms with van der Waals surface area (Å²) in [6.07, 6.45) is 0. The van der Waals surface area contributed by atoms with Gasteiger partial charge in [-0.2, -0.15) is 0 Å². The lowest BCUT2D eigenvalue weighted by Crippen LogP contribution is -2.20. The Morgan fingerprint density at radius 3 is 2.45 bits per heavy atom. The number of ether oxygens (including phenoxy) is 1. The summed E-state index contributed by atoms with van der Waals surface area (Å²) in [6, 6.07) is 7.88. The first kappa shape index (κ1) is 15.6. The number of hydrogen-bond donors (Lipinski definition) is 1. The van der Waals surface area contributed by atoms with Crippen LogP contribution in [0.4, 0.5) is 0 Å². The van der Waals surface area contributed by atoms with Gasteiger partial charge >= 0.3 is 0 Å². The summed E-state index contributed by atoms with van der Waals surface area (Å²) in [5.74, 6) is 0.866. The topological polar surface area (TPSA) is 21.3 Å². The minimum absolute atomic E-state index is 0.625. The van der Waals surface area contributed by atoms with Crippen molar-refractivity contribution in [2.75, 3.05) is 13.2 Å². The van der Waals surface area contributed by atoms with Crippen LogP contribution in [-0.2, 0) is 6.54 Å². The average Bonchev–Trinajstić information content (AvgIpc) is 2.81. The molecule has 2 rings (SSSR count). The molecule has 2 nitrogen and oxygen atoms in total. The van der Waals surface area contributed by atoms with Gasteiger partial charge in [-0.05, 0) is 49.2 Å². The molecule has 0 aliphatic heterocycles. The number of halogens is 2. The van der Waals surface area contributed by atoms with Gasteiger partial charge in [0.1, 0.15) is 12.4 Å². The van der Waals surface area contributed by atoms with Gasteiger partial charge in [0.05, 0.1) is 4.34 Å². The van der Waals surface area contributed by atoms with E-state index in [1.165, 1.54) is 4.88 Å². The first-order chi connectivity index (χ1) is 9.56. The third kappa shape index (κ3) is 4.38. The predicted octanol–water partition coefficient (Wildman–Crippen LogP) is 4.84. The van der Waals surface area contributed by atoms with Crippen molar-refractivity contribution in [3.05, 3.63) is 49.6 Å². The van der Waals surface area contributed by atoms with Gasteiger partial charge in [0.25, 0.3) is 0 Å². The van der Waals surface area contributed by atoms with Crippen LogP contribution in [0.3, 0.4) is 0 Å². The molecule has 0 spiro atoms. The van der Waals surface area contributed by atoms with E-state index < -0.39 is 0 Å². The summed E-state index contributed by atoms with van der Waals surface area (Å²) in [7, 11) is 0. The monoisotopic (exact) mass is 329 g/mol. The second kappa shape index (κ2) is 7.32. The van der Waals surface area contributed by atoms with Gasteiger partial charge in [0.2, 0.25) is 0 Å². The lowest BCUT2D eigenvalue weighted by atomic mass is 10.1. The van der Waals surface area contributed by atoms with Crippen molar-refractivity contribution >= 4 is 34.5 Å². The summed E-state index contributed by atoms with van der Waals surface area (Å²) in [4.78, 5) is 1.23. The number of nitrogens with one attached hydrogen (secondary N) is 1. The Labute approximate surface area is 133 Å². The fourth-order valence-corrected chi connectivity index (χ4v) is 3.06. The number of aryl methyl sites for hydroxylation is 2. The van der Waals surface area contributed by atoms with Crippen molar-refractivity contribution in [3.8, 4) is 5.75 Å². The molecule has 0 bridgehead atoms. The molecule has 1 heterocycles. The van der Waals surface area contributed by atoms with Crippen LogP contribution in [-0.4, -0.2) is 13.2 Å². The summed E-state index contributed by atoms with van der Waals surface area (Å²) < 4.78 is 6.55. The average molecular weight is 330 g/mol. The van der Waals surface area contributed by atoms with Gasteiger partial charge in [0.15, 0.2) is 0 Å². The largest absolute Gasteiger partial charge is 0.492 e. The van der Waals surface area contributed by atoms with Crippen LogP contribution in [0.2, 0.25) is 9.36 Å². The quantitative estimate of drug-likeness (QED) is 0.765. The Morgan fingerprint density at radius 2 is 1.85 bits per heavy atom. The zero-order valence-corrected chi connectivity index (χ0v) is 13.8. The van der Waals surface area contributed by atoms with Crippen molar-refractivity contribution in [1.82, 2.24) is 5.32 Å². The molecule has 0 aliphatic carbocycles. The highest BCUT2D eigenvalue weighted by Crippen LogP contribution is 2.25. The molecule has 1 N–H and O–H groups in total. The van der Waals surface area contributed by atoms with E-state index in [0.29, 0.717) is 6.61 Å². The molecule has 20 heavy (non-hydrogen) atoms. The van der Waals surface area contributed by atoms with Crippen LogP contribution in [0, 0.1) is 13.8 Å². The lowest BCUT2D eigenvalue weighted by molar-refractivity contribution is 0.313. The van der Waals surface area contributed by atoms with Crippen LogP contribution in [0.1, 0.15) is 16.0 Å². The standard InChI is InChI=1S/C15H17Cl2NOS/c1-10-7-12(8-11(2)15(10)17)19-6-5-18-9-13-3-4-14(16)20-13/h3-4,7-8,18H,5-6,9H2,1-2H3. The van der Waals surface area contributed by atoms with Gasteiger partial charge in [-0.1, -0.05) is 23.2 Å². The summed E-state index contributed by atoms with van der Waals surface area (Å²) in [5, 5.41) is 4.14. The second-order valence-corrected chi connectivity index (χ2v) is 6.78. The van der Waals surface area contributed by atoms with E-state index in [1.807, 2.05) is 38.1 Å². The van der Waals surface area contributed by atoms with Crippen LogP contribution in [0.5, 0.6) is 5.75 Å². The van der Waals surface area contributed by atoms with Crippen molar-refractivity contribution in [3.63, 3.8) is 0 Å². The molecule has 0 amide bonds. The van der Waals surface area contributed by atoms with E-state index >= 15 is 0 Å². The van der Waals surface area contributed by atoms with E-state index in [-0.39, 0.29) is 0 Å². The summed E-state index contributed by atoms with van der Waals surface area (Å²) in [6.45, 7) is 6.21. The Kier molecular flexibility index (Phi) is 5.73. The smallest absolute Gasteiger partial charge is 0.119 e. The normalized spacial score (nSPS) is 10.8. The minimum atomic E-state index is 0.625. The Morgan fingerprint density at radius 1 is 1.15 bits per heavy atom. The van der Waals surface area contributed by atoms with E-state index in [2.05, 4.69) is 5.32 Å². The van der Waals surface area contributed by atoms with Crippen molar-refractivity contribution in [2.45, 2.75) is 20.4 Å². The molecule has 2 aromatic rings. The molecule has 1 aromatic carbocycles. The van der Waals surface area contributed by atoms with Crippen molar-refractivity contribution < 1.29 is 4.74 Å². The lowest BCUT2D eigenvalue weighted by Gasteiger charge is -2.10. The molecule has 0 fully saturated rings. The van der Waals surface area contributed by atoms with Crippen LogP contribution in [0.25, 0.3) is 0 Å². The van der Waals surface area contributed by atoms with Crippen molar-refractivity contribution in [1.29, 1.82) is 0 Å². The highest BCUT2D eigenvalue weighted by Gasteiger charge is 2.03. The molecular formula is C15H17Cl2NOS. The van der Waals surface area contributed by atoms with Crippen molar-refractivity contribution in [2.24, 2.45) is 0 Å². The molecule has 0 atom stereocenters. The van der Waals surface area contributed by atoms with E-state index in [1.54, 1.807) is 11.3 Å². The molecule has 108 valence electrons. The van der Waals surface area contributed by atoms with E-state index in [4.69, 9.17) is 27.9 Å². The van der Waals surface area contributed by atoms with Gasteiger partial charge in [-0.25, -0.2) is 0 Å². The van der Waals surface area contributed by atoms with E-state index in [9.17, 15) is 0 Å². The maximum Gasteiger partial charge on any atom is 0.119 e. The van der Waals surface area contributed by atoms with Crippen LogP contribution >= 0.6 is 34.5 Å². The molecule has 0 saturated carbocycles. The fraction of sp³-hybridized carbons (Fsp3) is 0.333. The summed E-state index contributed by atoms with van der Waals surface area (Å²) in [5.41, 5.74) is 2.09. The molecule has 0 aliphatic rings. The van der Waals surface area contributed by atoms with E-state index in [0.717, 1.165) is 39.3 Å². The third-order valence-electron chi connectivity index (χ3n) is 2.89. The highest BCUT2D eigenvalue weighted by atomic mass is 35.5. The molecule has 0 saturated heterocycles. The molecule has 1 aromatic heterocycles.